The first-order chi connectivity index (χ1) is 7.81. The van der Waals surface area contributed by atoms with Gasteiger partial charge in [0.15, 0.2) is 0 Å². The van der Waals surface area contributed by atoms with Crippen molar-refractivity contribution in [1.82, 2.24) is 10.2 Å². The van der Waals surface area contributed by atoms with Gasteiger partial charge in [-0.15, -0.1) is 10.2 Å². The van der Waals surface area contributed by atoms with Gasteiger partial charge in [-0.3, -0.25) is 0 Å². The number of hydrogen-bond acceptors (Lipinski definition) is 4. The van der Waals surface area contributed by atoms with Gasteiger partial charge in [0.2, 0.25) is 5.13 Å². The van der Waals surface area contributed by atoms with Crippen molar-refractivity contribution < 1.29 is 0 Å². The van der Waals surface area contributed by atoms with Crippen molar-refractivity contribution in [1.29, 1.82) is 0 Å². The standard InChI is InChI=1S/C12H19N3S/c1-2-4-10-13-14-11(16-10)15-8-3-5-12(9-15)6-7-12/h2-9H2,1H3. The van der Waals surface area contributed by atoms with Gasteiger partial charge in [-0.2, -0.15) is 0 Å². The molecule has 2 heterocycles. The molecule has 0 atom stereocenters. The highest BCUT2D eigenvalue weighted by Crippen LogP contribution is 2.52. The topological polar surface area (TPSA) is 29.0 Å². The molecule has 4 heteroatoms. The first-order valence-electron chi connectivity index (χ1n) is 6.39. The van der Waals surface area contributed by atoms with Crippen molar-refractivity contribution in [3.05, 3.63) is 5.01 Å². The summed E-state index contributed by atoms with van der Waals surface area (Å²) >= 11 is 1.80. The molecule has 1 aromatic rings. The molecule has 1 saturated carbocycles. The number of aromatic nitrogens is 2. The van der Waals surface area contributed by atoms with Crippen LogP contribution in [0.25, 0.3) is 0 Å². The first kappa shape index (κ1) is 10.5. The molecule has 2 fully saturated rings. The van der Waals surface area contributed by atoms with Gasteiger partial charge in [-0.05, 0) is 37.5 Å². The fourth-order valence-electron chi connectivity index (χ4n) is 2.64. The van der Waals surface area contributed by atoms with Crippen molar-refractivity contribution in [3.63, 3.8) is 0 Å². The van der Waals surface area contributed by atoms with Crippen LogP contribution in [-0.4, -0.2) is 23.3 Å². The number of piperidine rings is 1. The summed E-state index contributed by atoms with van der Waals surface area (Å²) < 4.78 is 0. The Morgan fingerprint density at radius 1 is 1.31 bits per heavy atom. The molecule has 1 aromatic heterocycles. The van der Waals surface area contributed by atoms with E-state index in [1.807, 2.05) is 0 Å². The zero-order chi connectivity index (χ0) is 11.0. The molecule has 2 aliphatic rings. The smallest absolute Gasteiger partial charge is 0.208 e. The van der Waals surface area contributed by atoms with Gasteiger partial charge < -0.3 is 4.90 Å². The maximum atomic E-state index is 4.35. The van der Waals surface area contributed by atoms with E-state index in [-0.39, 0.29) is 0 Å². The second kappa shape index (κ2) is 3.99. The Morgan fingerprint density at radius 2 is 2.19 bits per heavy atom. The van der Waals surface area contributed by atoms with Crippen LogP contribution < -0.4 is 4.90 Å². The molecule has 0 amide bonds. The molecule has 1 aliphatic carbocycles. The Bertz CT molecular complexity index is 370. The molecule has 0 unspecified atom stereocenters. The molecule has 3 rings (SSSR count). The van der Waals surface area contributed by atoms with Crippen molar-refractivity contribution in [3.8, 4) is 0 Å². The summed E-state index contributed by atoms with van der Waals surface area (Å²) in [4.78, 5) is 2.47. The molecule has 1 saturated heterocycles. The molecular weight excluding hydrogens is 218 g/mol. The average Bonchev–Trinajstić information content (AvgIpc) is 2.87. The summed E-state index contributed by atoms with van der Waals surface area (Å²) in [5.74, 6) is 0. The van der Waals surface area contributed by atoms with Gasteiger partial charge in [0.05, 0.1) is 0 Å². The second-order valence-electron chi connectivity index (χ2n) is 5.25. The van der Waals surface area contributed by atoms with Crippen LogP contribution >= 0.6 is 11.3 Å². The van der Waals surface area contributed by atoms with Crippen LogP contribution in [-0.2, 0) is 6.42 Å². The molecule has 88 valence electrons. The average molecular weight is 237 g/mol. The van der Waals surface area contributed by atoms with Crippen molar-refractivity contribution in [2.24, 2.45) is 5.41 Å². The van der Waals surface area contributed by atoms with Gasteiger partial charge in [0.25, 0.3) is 0 Å². The Labute approximate surface area is 101 Å². The zero-order valence-electron chi connectivity index (χ0n) is 9.91. The van der Waals surface area contributed by atoms with Gasteiger partial charge in [-0.1, -0.05) is 18.3 Å². The molecule has 0 radical (unpaired) electrons. The lowest BCUT2D eigenvalue weighted by Crippen LogP contribution is -2.36. The van der Waals surface area contributed by atoms with E-state index in [0.717, 1.165) is 11.6 Å². The van der Waals surface area contributed by atoms with E-state index in [0.29, 0.717) is 5.41 Å². The van der Waals surface area contributed by atoms with E-state index in [2.05, 4.69) is 22.0 Å². The molecule has 1 spiro atoms. The fourth-order valence-corrected chi connectivity index (χ4v) is 3.61. The predicted molar refractivity (Wildman–Crippen MR) is 67.0 cm³/mol. The molecule has 16 heavy (non-hydrogen) atoms. The molecule has 0 N–H and O–H groups in total. The summed E-state index contributed by atoms with van der Waals surface area (Å²) in [7, 11) is 0. The van der Waals surface area contributed by atoms with Crippen molar-refractivity contribution >= 4 is 16.5 Å². The third-order valence-electron chi connectivity index (χ3n) is 3.81. The zero-order valence-corrected chi connectivity index (χ0v) is 10.7. The number of rotatable bonds is 3. The highest BCUT2D eigenvalue weighted by atomic mass is 32.1. The fraction of sp³-hybridized carbons (Fsp3) is 0.833. The third kappa shape index (κ3) is 1.95. The van der Waals surface area contributed by atoms with Crippen LogP contribution in [0.5, 0.6) is 0 Å². The normalized spacial score (nSPS) is 22.7. The van der Waals surface area contributed by atoms with Crippen LogP contribution in [0.1, 0.15) is 44.0 Å². The van der Waals surface area contributed by atoms with E-state index >= 15 is 0 Å². The maximum absolute atomic E-state index is 4.35. The minimum Gasteiger partial charge on any atom is -0.346 e. The Hall–Kier alpha value is -0.640. The first-order valence-corrected chi connectivity index (χ1v) is 7.20. The monoisotopic (exact) mass is 237 g/mol. The number of hydrogen-bond donors (Lipinski definition) is 0. The summed E-state index contributed by atoms with van der Waals surface area (Å²) in [6.45, 7) is 4.61. The van der Waals surface area contributed by atoms with E-state index in [4.69, 9.17) is 0 Å². The highest BCUT2D eigenvalue weighted by molar-refractivity contribution is 7.15. The quantitative estimate of drug-likeness (QED) is 0.809. The largest absolute Gasteiger partial charge is 0.346 e. The van der Waals surface area contributed by atoms with E-state index in [9.17, 15) is 0 Å². The number of aryl methyl sites for hydroxylation is 1. The molecular formula is C12H19N3S. The molecule has 3 nitrogen and oxygen atoms in total. The summed E-state index contributed by atoms with van der Waals surface area (Å²) in [6.07, 6.45) is 7.89. The summed E-state index contributed by atoms with van der Waals surface area (Å²) in [6, 6.07) is 0. The van der Waals surface area contributed by atoms with Crippen LogP contribution in [0.2, 0.25) is 0 Å². The lowest BCUT2D eigenvalue weighted by molar-refractivity contribution is 0.394. The number of anilines is 1. The van der Waals surface area contributed by atoms with Crippen LogP contribution in [0.4, 0.5) is 5.13 Å². The summed E-state index contributed by atoms with van der Waals surface area (Å²) in [5, 5.41) is 11.0. The lowest BCUT2D eigenvalue weighted by atomic mass is 9.96. The molecule has 0 bridgehead atoms. The Balaban J connectivity index is 1.70. The predicted octanol–water partition coefficient (Wildman–Crippen LogP) is 2.87. The third-order valence-corrected chi connectivity index (χ3v) is 4.85. The van der Waals surface area contributed by atoms with Gasteiger partial charge in [0, 0.05) is 19.5 Å². The SMILES string of the molecule is CCCc1nnc(N2CCCC3(CC3)C2)s1. The summed E-state index contributed by atoms with van der Waals surface area (Å²) in [5.41, 5.74) is 0.675. The Morgan fingerprint density at radius 3 is 2.94 bits per heavy atom. The van der Waals surface area contributed by atoms with Crippen LogP contribution in [0, 0.1) is 5.41 Å². The second-order valence-corrected chi connectivity index (χ2v) is 6.29. The lowest BCUT2D eigenvalue weighted by Gasteiger charge is -2.32. The molecule has 0 aromatic carbocycles. The van der Waals surface area contributed by atoms with Crippen molar-refractivity contribution in [2.45, 2.75) is 45.4 Å². The van der Waals surface area contributed by atoms with Crippen LogP contribution in [0.3, 0.4) is 0 Å². The number of nitrogens with zero attached hydrogens (tertiary/aromatic N) is 3. The van der Waals surface area contributed by atoms with Gasteiger partial charge in [0.1, 0.15) is 5.01 Å². The van der Waals surface area contributed by atoms with E-state index < -0.39 is 0 Å². The Kier molecular flexibility index (Phi) is 2.62. The van der Waals surface area contributed by atoms with Gasteiger partial charge >= 0.3 is 0 Å². The van der Waals surface area contributed by atoms with Crippen LogP contribution in [0.15, 0.2) is 0 Å². The van der Waals surface area contributed by atoms with Crippen molar-refractivity contribution in [2.75, 3.05) is 18.0 Å². The minimum absolute atomic E-state index is 0.675. The van der Waals surface area contributed by atoms with E-state index in [1.54, 1.807) is 11.3 Å². The maximum Gasteiger partial charge on any atom is 0.208 e. The highest BCUT2D eigenvalue weighted by Gasteiger charge is 2.45. The minimum atomic E-state index is 0.675. The molecule has 1 aliphatic heterocycles. The van der Waals surface area contributed by atoms with E-state index in [1.165, 1.54) is 50.2 Å². The van der Waals surface area contributed by atoms with Gasteiger partial charge in [-0.25, -0.2) is 0 Å².